The molecule has 0 radical (unpaired) electrons. The van der Waals surface area contributed by atoms with E-state index in [1.807, 2.05) is 5.92 Å². The molecule has 0 unspecified atom stereocenters. The number of benzene rings is 1. The molecule has 1 aromatic carbocycles. The van der Waals surface area contributed by atoms with Crippen molar-refractivity contribution in [2.24, 2.45) is 0 Å². The molecule has 0 aliphatic heterocycles. The van der Waals surface area contributed by atoms with E-state index < -0.39 is 17.7 Å². The Morgan fingerprint density at radius 2 is 2.05 bits per heavy atom. The van der Waals surface area contributed by atoms with Crippen LogP contribution >= 0.6 is 0 Å². The van der Waals surface area contributed by atoms with E-state index in [9.17, 15) is 15.0 Å². The van der Waals surface area contributed by atoms with Crippen molar-refractivity contribution in [3.63, 3.8) is 0 Å². The number of aliphatic hydroxyl groups is 2. The maximum atomic E-state index is 11.7. The zero-order chi connectivity index (χ0) is 14.5. The second-order valence-electron chi connectivity index (χ2n) is 4.13. The van der Waals surface area contributed by atoms with Gasteiger partial charge in [-0.2, -0.15) is 0 Å². The molecule has 0 aliphatic rings. The standard InChI is InChI=1S/C14H16O5/c1-4-14(2,17)12(15)9-19-13(16)10-5-7-11(18-3)8-6-10/h1,5-8,12,15,17H,9H2,2-3H3/t12-,14+/m0/s1. The van der Waals surface area contributed by atoms with Crippen molar-refractivity contribution in [2.45, 2.75) is 18.6 Å². The van der Waals surface area contributed by atoms with Crippen LogP contribution in [-0.2, 0) is 4.74 Å². The molecule has 0 amide bonds. The molecule has 19 heavy (non-hydrogen) atoms. The summed E-state index contributed by atoms with van der Waals surface area (Å²) in [5.41, 5.74) is -1.42. The van der Waals surface area contributed by atoms with E-state index in [2.05, 4.69) is 0 Å². The number of hydrogen-bond donors (Lipinski definition) is 2. The fraction of sp³-hybridized carbons (Fsp3) is 0.357. The first-order chi connectivity index (χ1) is 8.90. The fourth-order valence-electron chi connectivity index (χ4n) is 1.22. The Bertz CT molecular complexity index is 470. The van der Waals surface area contributed by atoms with Crippen LogP contribution in [0, 0.1) is 12.3 Å². The molecule has 0 aromatic heterocycles. The van der Waals surface area contributed by atoms with Crippen LogP contribution in [0.5, 0.6) is 5.75 Å². The van der Waals surface area contributed by atoms with Crippen molar-refractivity contribution in [3.8, 4) is 18.1 Å². The van der Waals surface area contributed by atoms with E-state index >= 15 is 0 Å². The summed E-state index contributed by atoms with van der Waals surface area (Å²) < 4.78 is 9.83. The van der Waals surface area contributed by atoms with Crippen LogP contribution < -0.4 is 4.74 Å². The molecule has 0 saturated heterocycles. The quantitative estimate of drug-likeness (QED) is 0.601. The summed E-state index contributed by atoms with van der Waals surface area (Å²) in [6.07, 6.45) is 3.69. The first-order valence-electron chi connectivity index (χ1n) is 5.60. The average Bonchev–Trinajstić information content (AvgIpc) is 2.44. The largest absolute Gasteiger partial charge is 0.497 e. The topological polar surface area (TPSA) is 76.0 Å². The average molecular weight is 264 g/mol. The molecule has 0 fully saturated rings. The van der Waals surface area contributed by atoms with Crippen LogP contribution in [0.25, 0.3) is 0 Å². The summed E-state index contributed by atoms with van der Waals surface area (Å²) >= 11 is 0. The number of rotatable bonds is 5. The number of carbonyl (C=O) groups is 1. The highest BCUT2D eigenvalue weighted by atomic mass is 16.5. The minimum absolute atomic E-state index is 0.313. The summed E-state index contributed by atoms with van der Waals surface area (Å²) in [7, 11) is 1.52. The zero-order valence-electron chi connectivity index (χ0n) is 10.8. The lowest BCUT2D eigenvalue weighted by molar-refractivity contribution is -0.0535. The molecule has 2 atom stereocenters. The van der Waals surface area contributed by atoms with Gasteiger partial charge in [0.1, 0.15) is 18.5 Å². The van der Waals surface area contributed by atoms with Crippen molar-refractivity contribution in [1.82, 2.24) is 0 Å². The highest BCUT2D eigenvalue weighted by molar-refractivity contribution is 5.89. The summed E-state index contributed by atoms with van der Waals surface area (Å²) in [4.78, 5) is 11.7. The number of carbonyl (C=O) groups excluding carboxylic acids is 1. The molecule has 0 saturated carbocycles. The van der Waals surface area contributed by atoms with Crippen LogP contribution in [0.2, 0.25) is 0 Å². The second-order valence-corrected chi connectivity index (χ2v) is 4.13. The van der Waals surface area contributed by atoms with Crippen LogP contribution in [0.15, 0.2) is 24.3 Å². The number of aliphatic hydroxyl groups excluding tert-OH is 1. The Morgan fingerprint density at radius 3 is 2.53 bits per heavy atom. The number of esters is 1. The van der Waals surface area contributed by atoms with Gasteiger partial charge >= 0.3 is 5.97 Å². The molecule has 5 heteroatoms. The van der Waals surface area contributed by atoms with E-state index in [0.717, 1.165) is 0 Å². The van der Waals surface area contributed by atoms with Crippen molar-refractivity contribution in [2.75, 3.05) is 13.7 Å². The summed E-state index contributed by atoms with van der Waals surface area (Å²) in [6.45, 7) is 0.876. The van der Waals surface area contributed by atoms with Gasteiger partial charge in [-0.05, 0) is 31.2 Å². The highest BCUT2D eigenvalue weighted by Gasteiger charge is 2.29. The molecular formula is C14H16O5. The van der Waals surface area contributed by atoms with Crippen molar-refractivity contribution < 1.29 is 24.5 Å². The molecule has 0 bridgehead atoms. The SMILES string of the molecule is C#C[C@@](C)(O)[C@@H](O)COC(=O)c1ccc(OC)cc1. The van der Waals surface area contributed by atoms with E-state index in [1.165, 1.54) is 26.2 Å². The fourth-order valence-corrected chi connectivity index (χ4v) is 1.22. The molecule has 0 spiro atoms. The number of hydrogen-bond acceptors (Lipinski definition) is 5. The van der Waals surface area contributed by atoms with Crippen LogP contribution in [0.4, 0.5) is 0 Å². The third kappa shape index (κ3) is 3.98. The van der Waals surface area contributed by atoms with Crippen molar-refractivity contribution in [3.05, 3.63) is 29.8 Å². The molecule has 5 nitrogen and oxygen atoms in total. The molecule has 0 heterocycles. The second kappa shape index (κ2) is 6.23. The third-order valence-corrected chi connectivity index (χ3v) is 2.64. The molecular weight excluding hydrogens is 248 g/mol. The molecule has 102 valence electrons. The third-order valence-electron chi connectivity index (χ3n) is 2.64. The van der Waals surface area contributed by atoms with Gasteiger partial charge < -0.3 is 19.7 Å². The van der Waals surface area contributed by atoms with Crippen molar-refractivity contribution in [1.29, 1.82) is 0 Å². The Kier molecular flexibility index (Phi) is 4.93. The molecule has 2 N–H and O–H groups in total. The predicted molar refractivity (Wildman–Crippen MR) is 68.7 cm³/mol. The Balaban J connectivity index is 2.58. The van der Waals surface area contributed by atoms with Crippen LogP contribution in [0.3, 0.4) is 0 Å². The van der Waals surface area contributed by atoms with Gasteiger partial charge in [-0.15, -0.1) is 6.42 Å². The zero-order valence-corrected chi connectivity index (χ0v) is 10.8. The maximum Gasteiger partial charge on any atom is 0.338 e. The van der Waals surface area contributed by atoms with E-state index in [0.29, 0.717) is 11.3 Å². The monoisotopic (exact) mass is 264 g/mol. The van der Waals surface area contributed by atoms with Gasteiger partial charge in [0.25, 0.3) is 0 Å². The Morgan fingerprint density at radius 1 is 1.47 bits per heavy atom. The van der Waals surface area contributed by atoms with Gasteiger partial charge in [0, 0.05) is 0 Å². The van der Waals surface area contributed by atoms with Gasteiger partial charge in [-0.1, -0.05) is 5.92 Å². The lowest BCUT2D eigenvalue weighted by Crippen LogP contribution is -2.41. The number of terminal acetylenes is 1. The molecule has 1 rings (SSSR count). The van der Waals surface area contributed by atoms with Gasteiger partial charge in [-0.3, -0.25) is 0 Å². The van der Waals surface area contributed by atoms with Crippen LogP contribution in [-0.4, -0.2) is 41.6 Å². The maximum absolute atomic E-state index is 11.7. The predicted octanol–water partition coefficient (Wildman–Crippen LogP) is 0.597. The molecule has 0 aliphatic carbocycles. The van der Waals surface area contributed by atoms with Gasteiger partial charge in [0.2, 0.25) is 0 Å². The molecule has 1 aromatic rings. The normalized spacial score (nSPS) is 14.9. The lowest BCUT2D eigenvalue weighted by atomic mass is 10.0. The highest BCUT2D eigenvalue weighted by Crippen LogP contribution is 2.13. The smallest absolute Gasteiger partial charge is 0.338 e. The minimum atomic E-state index is -1.74. The van der Waals surface area contributed by atoms with E-state index in [1.54, 1.807) is 12.1 Å². The first kappa shape index (κ1) is 15.0. The van der Waals surface area contributed by atoms with E-state index in [4.69, 9.17) is 15.9 Å². The Hall–Kier alpha value is -2.03. The lowest BCUT2D eigenvalue weighted by Gasteiger charge is -2.22. The number of ether oxygens (including phenoxy) is 2. The van der Waals surface area contributed by atoms with Gasteiger partial charge in [-0.25, -0.2) is 4.79 Å². The van der Waals surface area contributed by atoms with Crippen molar-refractivity contribution >= 4 is 5.97 Å². The van der Waals surface area contributed by atoms with Gasteiger partial charge in [0.05, 0.1) is 12.7 Å². The minimum Gasteiger partial charge on any atom is -0.497 e. The summed E-state index contributed by atoms with van der Waals surface area (Å²) in [6, 6.07) is 6.30. The Labute approximate surface area is 111 Å². The number of methoxy groups -OCH3 is 1. The first-order valence-corrected chi connectivity index (χ1v) is 5.60. The summed E-state index contributed by atoms with van der Waals surface area (Å²) in [5, 5.41) is 19.1. The van der Waals surface area contributed by atoms with Gasteiger partial charge in [0.15, 0.2) is 5.60 Å². The summed E-state index contributed by atoms with van der Waals surface area (Å²) in [5.74, 6) is 2.02. The van der Waals surface area contributed by atoms with Crippen LogP contribution in [0.1, 0.15) is 17.3 Å². The van der Waals surface area contributed by atoms with E-state index in [-0.39, 0.29) is 6.61 Å².